The molecule has 2 heterocycles. The first-order chi connectivity index (χ1) is 8.31. The summed E-state index contributed by atoms with van der Waals surface area (Å²) < 4.78 is 19.6. The molecule has 17 heavy (non-hydrogen) atoms. The second-order valence-corrected chi connectivity index (χ2v) is 2.88. The summed E-state index contributed by atoms with van der Waals surface area (Å²) in [4.78, 5) is 20.6. The van der Waals surface area contributed by atoms with Gasteiger partial charge in [0.25, 0.3) is 11.9 Å². The number of hydrogen-bond acceptors (Lipinski definition) is 6. The van der Waals surface area contributed by atoms with Crippen LogP contribution in [0.1, 0.15) is 21.1 Å². The minimum absolute atomic E-state index is 0.106. The number of carbonyl (C=O) groups excluding carboxylic acids is 2. The Kier molecular flexibility index (Phi) is 3.30. The van der Waals surface area contributed by atoms with Crippen molar-refractivity contribution < 1.29 is 27.7 Å². The summed E-state index contributed by atoms with van der Waals surface area (Å²) in [6.07, 6.45) is 1.10. The van der Waals surface area contributed by atoms with E-state index in [0.717, 1.165) is 7.69 Å². The average Bonchev–Trinajstić information content (AvgIpc) is 2.97. The fourth-order valence-electron chi connectivity index (χ4n) is 1.04. The summed E-state index contributed by atoms with van der Waals surface area (Å²) in [6.45, 7) is 0. The van der Waals surface area contributed by atoms with Crippen LogP contribution in [0.25, 0.3) is 0 Å². The molecule has 0 aromatic carbocycles. The van der Waals surface area contributed by atoms with Crippen LogP contribution in [-0.2, 0) is 0 Å². The monoisotopic (exact) mass is 233 g/mol. The van der Waals surface area contributed by atoms with Gasteiger partial charge in [0.1, 0.15) is 0 Å². The van der Waals surface area contributed by atoms with Crippen molar-refractivity contribution in [3.63, 3.8) is 0 Å². The minimum atomic E-state index is 0.106. The van der Waals surface area contributed by atoms with Gasteiger partial charge in [-0.3, -0.25) is 9.59 Å². The zero-order valence-electron chi connectivity index (χ0n) is 8.49. The highest BCUT2D eigenvalue weighted by molar-refractivity contribution is 6.20. The van der Waals surface area contributed by atoms with Gasteiger partial charge in [0.15, 0.2) is 24.1 Å². The molecule has 0 fully saturated rings. The fourth-order valence-corrected chi connectivity index (χ4v) is 1.04. The number of furan rings is 2. The van der Waals surface area contributed by atoms with Crippen LogP contribution in [0.3, 0.4) is 0 Å². The summed E-state index contributed by atoms with van der Waals surface area (Å²) in [6, 6.07) is 5.83. The van der Waals surface area contributed by atoms with Gasteiger partial charge in [0.05, 0.1) is 0 Å². The second-order valence-electron chi connectivity index (χ2n) is 2.88. The van der Waals surface area contributed by atoms with Gasteiger partial charge in [-0.2, -0.15) is 0 Å². The average molecular weight is 233 g/mol. The molecule has 1 radical (unpaired) electrons. The lowest BCUT2D eigenvalue weighted by atomic mass is 10.4. The van der Waals surface area contributed by atoms with Crippen LogP contribution in [0.5, 0.6) is 11.9 Å². The summed E-state index contributed by atoms with van der Waals surface area (Å²) in [5, 5.41) is 0. The summed E-state index contributed by atoms with van der Waals surface area (Å²) in [5.41, 5.74) is 0. The summed E-state index contributed by atoms with van der Waals surface area (Å²) in [5.74, 6) is 0.507. The predicted molar refractivity (Wildman–Crippen MR) is 55.2 cm³/mol. The summed E-state index contributed by atoms with van der Waals surface area (Å²) >= 11 is 0. The van der Waals surface area contributed by atoms with Gasteiger partial charge in [-0.1, -0.05) is 0 Å². The first-order valence-electron chi connectivity index (χ1n) is 4.57. The quantitative estimate of drug-likeness (QED) is 0.555. The largest absolute Gasteiger partial charge is 0.662 e. The third kappa shape index (κ3) is 2.78. The molecule has 0 atom stereocenters. The van der Waals surface area contributed by atoms with E-state index in [1.807, 2.05) is 0 Å². The van der Waals surface area contributed by atoms with Gasteiger partial charge < -0.3 is 18.1 Å². The minimum Gasteiger partial charge on any atom is -0.499 e. The van der Waals surface area contributed by atoms with Crippen LogP contribution in [0.15, 0.2) is 33.1 Å². The Labute approximate surface area is 96.4 Å². The van der Waals surface area contributed by atoms with E-state index in [4.69, 9.17) is 18.1 Å². The van der Waals surface area contributed by atoms with Crippen molar-refractivity contribution in [3.05, 3.63) is 35.8 Å². The van der Waals surface area contributed by atoms with Crippen LogP contribution in [0.4, 0.5) is 0 Å². The molecule has 85 valence electrons. The van der Waals surface area contributed by atoms with Crippen LogP contribution in [-0.4, -0.2) is 20.3 Å². The molecule has 6 nitrogen and oxygen atoms in total. The van der Waals surface area contributed by atoms with Gasteiger partial charge in [-0.25, -0.2) is 0 Å². The SMILES string of the molecule is O=Cc1ccc(O[B]Oc2ccc(C=O)o2)o1. The molecule has 0 N–H and O–H groups in total. The van der Waals surface area contributed by atoms with Crippen molar-refractivity contribution in [3.8, 4) is 11.9 Å². The fraction of sp³-hybridized carbons (Fsp3) is 0. The Morgan fingerprint density at radius 3 is 1.71 bits per heavy atom. The number of rotatable bonds is 6. The number of carbonyl (C=O) groups is 2. The van der Waals surface area contributed by atoms with Gasteiger partial charge in [0.2, 0.25) is 0 Å². The molecule has 0 amide bonds. The molecule has 2 rings (SSSR count). The first kappa shape index (κ1) is 11.1. The van der Waals surface area contributed by atoms with Crippen molar-refractivity contribution in [1.82, 2.24) is 0 Å². The Bertz CT molecular complexity index is 468. The Balaban J connectivity index is 1.82. The smallest absolute Gasteiger partial charge is 0.499 e. The Morgan fingerprint density at radius 2 is 1.35 bits per heavy atom. The highest BCUT2D eigenvalue weighted by Gasteiger charge is 2.08. The van der Waals surface area contributed by atoms with Crippen molar-refractivity contribution in [2.24, 2.45) is 0 Å². The van der Waals surface area contributed by atoms with Crippen molar-refractivity contribution in [1.29, 1.82) is 0 Å². The van der Waals surface area contributed by atoms with Crippen LogP contribution in [0.2, 0.25) is 0 Å². The van der Waals surface area contributed by atoms with E-state index in [0.29, 0.717) is 12.6 Å². The van der Waals surface area contributed by atoms with E-state index in [2.05, 4.69) is 0 Å². The van der Waals surface area contributed by atoms with Crippen LogP contribution in [0, 0.1) is 0 Å². The van der Waals surface area contributed by atoms with Crippen LogP contribution >= 0.6 is 0 Å². The number of hydrogen-bond donors (Lipinski definition) is 0. The highest BCUT2D eigenvalue weighted by Crippen LogP contribution is 2.16. The van der Waals surface area contributed by atoms with E-state index in [9.17, 15) is 9.59 Å². The topological polar surface area (TPSA) is 78.9 Å². The molecule has 0 unspecified atom stereocenters. The molecule has 7 heteroatoms. The maximum absolute atomic E-state index is 10.3. The molecule has 2 aromatic rings. The Hall–Kier alpha value is -2.44. The molecule has 0 saturated carbocycles. The summed E-state index contributed by atoms with van der Waals surface area (Å²) in [7, 11) is 0.959. The predicted octanol–water partition coefficient (Wildman–Crippen LogP) is 1.49. The zero-order chi connectivity index (χ0) is 12.1. The zero-order valence-corrected chi connectivity index (χ0v) is 8.49. The van der Waals surface area contributed by atoms with Crippen molar-refractivity contribution in [2.45, 2.75) is 0 Å². The molecule has 2 aromatic heterocycles. The lowest BCUT2D eigenvalue weighted by molar-refractivity contribution is 0.109. The highest BCUT2D eigenvalue weighted by atomic mass is 16.7. The normalized spacial score (nSPS) is 9.65. The van der Waals surface area contributed by atoms with Crippen LogP contribution < -0.4 is 9.31 Å². The van der Waals surface area contributed by atoms with Crippen molar-refractivity contribution in [2.75, 3.05) is 0 Å². The molecule has 0 aliphatic carbocycles. The molecular weight excluding hydrogens is 227 g/mol. The van der Waals surface area contributed by atoms with Gasteiger partial charge in [0, 0.05) is 12.1 Å². The molecule has 0 bridgehead atoms. The molecule has 0 aliphatic heterocycles. The molecule has 0 saturated heterocycles. The lowest BCUT2D eigenvalue weighted by Crippen LogP contribution is -2.09. The van der Waals surface area contributed by atoms with Crippen molar-refractivity contribution >= 4 is 20.3 Å². The van der Waals surface area contributed by atoms with Gasteiger partial charge in [-0.15, -0.1) is 0 Å². The maximum atomic E-state index is 10.3. The Morgan fingerprint density at radius 1 is 0.882 bits per heavy atom. The van der Waals surface area contributed by atoms with E-state index in [1.54, 1.807) is 0 Å². The third-order valence-corrected chi connectivity index (χ3v) is 1.77. The van der Waals surface area contributed by atoms with E-state index >= 15 is 0 Å². The van der Waals surface area contributed by atoms with E-state index < -0.39 is 0 Å². The lowest BCUT2D eigenvalue weighted by Gasteiger charge is -1.99. The number of aldehydes is 2. The van der Waals surface area contributed by atoms with E-state index in [1.165, 1.54) is 24.3 Å². The standard InChI is InChI=1S/C10H6BO6/c12-5-7-1-3-9(14-7)16-11-17-10-4-2-8(6-13)15-10/h1-6H. The second kappa shape index (κ2) is 5.06. The third-order valence-electron chi connectivity index (χ3n) is 1.77. The molecule has 0 spiro atoms. The maximum Gasteiger partial charge on any atom is 0.662 e. The first-order valence-corrected chi connectivity index (χ1v) is 4.57. The molecular formula is C10H6BO6. The van der Waals surface area contributed by atoms with Gasteiger partial charge >= 0.3 is 7.69 Å². The van der Waals surface area contributed by atoms with E-state index in [-0.39, 0.29) is 23.4 Å². The molecule has 0 aliphatic rings. The van der Waals surface area contributed by atoms with Gasteiger partial charge in [-0.05, 0) is 12.1 Å².